The Kier molecular flexibility index (Phi) is 8.13. The van der Waals surface area contributed by atoms with Crippen LogP contribution < -0.4 is 4.74 Å². The van der Waals surface area contributed by atoms with Gasteiger partial charge in [0.15, 0.2) is 5.78 Å². The van der Waals surface area contributed by atoms with E-state index >= 15 is 0 Å². The SMILES string of the molecule is COCC(=O)Cc1ncccc1-c1cc(COC(=O)Oc2ccc(C)cc2)ccc1N=[N+]=[N-]. The minimum atomic E-state index is -0.841. The first-order valence-corrected chi connectivity index (χ1v) is 10.0. The van der Waals surface area contributed by atoms with E-state index < -0.39 is 6.16 Å². The van der Waals surface area contributed by atoms with E-state index in [2.05, 4.69) is 15.0 Å². The highest BCUT2D eigenvalue weighted by Gasteiger charge is 2.15. The van der Waals surface area contributed by atoms with Crippen LogP contribution in [0.3, 0.4) is 0 Å². The molecule has 3 aromatic rings. The fourth-order valence-corrected chi connectivity index (χ4v) is 3.12. The lowest BCUT2D eigenvalue weighted by atomic mass is 9.98. The molecule has 168 valence electrons. The van der Waals surface area contributed by atoms with E-state index in [1.54, 1.807) is 48.7 Å². The second-order valence-electron chi connectivity index (χ2n) is 7.14. The molecule has 1 heterocycles. The molecular formula is C24H22N4O5. The predicted octanol–water partition coefficient (Wildman–Crippen LogP) is 5.47. The van der Waals surface area contributed by atoms with Crippen LogP contribution in [-0.4, -0.2) is 30.6 Å². The number of ketones is 1. The van der Waals surface area contributed by atoms with Gasteiger partial charge in [0.2, 0.25) is 0 Å². The Balaban J connectivity index is 1.82. The van der Waals surface area contributed by atoms with E-state index in [0.29, 0.717) is 33.8 Å². The normalized spacial score (nSPS) is 10.2. The molecule has 0 fully saturated rings. The van der Waals surface area contributed by atoms with Gasteiger partial charge in [0.05, 0.1) is 12.1 Å². The summed E-state index contributed by atoms with van der Waals surface area (Å²) in [6.45, 7) is 1.84. The summed E-state index contributed by atoms with van der Waals surface area (Å²) in [5.74, 6) is 0.242. The Morgan fingerprint density at radius 3 is 2.61 bits per heavy atom. The van der Waals surface area contributed by atoms with Gasteiger partial charge >= 0.3 is 6.16 Å². The van der Waals surface area contributed by atoms with Crippen LogP contribution in [-0.2, 0) is 27.3 Å². The summed E-state index contributed by atoms with van der Waals surface area (Å²) < 4.78 is 15.3. The number of aromatic nitrogens is 1. The maximum Gasteiger partial charge on any atom is 0.514 e. The number of azide groups is 1. The molecule has 33 heavy (non-hydrogen) atoms. The lowest BCUT2D eigenvalue weighted by molar-refractivity contribution is -0.122. The molecule has 0 N–H and O–H groups in total. The highest BCUT2D eigenvalue weighted by Crippen LogP contribution is 2.33. The fourth-order valence-electron chi connectivity index (χ4n) is 3.12. The molecule has 0 saturated heterocycles. The molecule has 3 rings (SSSR count). The summed E-state index contributed by atoms with van der Waals surface area (Å²) in [4.78, 5) is 31.4. The van der Waals surface area contributed by atoms with Crippen LogP contribution in [0.25, 0.3) is 21.6 Å². The third-order valence-electron chi connectivity index (χ3n) is 4.64. The van der Waals surface area contributed by atoms with Crippen LogP contribution in [0.15, 0.2) is 65.9 Å². The van der Waals surface area contributed by atoms with Crippen molar-refractivity contribution in [3.05, 3.63) is 88.1 Å². The topological polar surface area (TPSA) is 123 Å². The molecule has 0 bridgehead atoms. The van der Waals surface area contributed by atoms with E-state index in [4.69, 9.17) is 19.7 Å². The van der Waals surface area contributed by atoms with Crippen LogP contribution in [0.4, 0.5) is 10.5 Å². The first-order valence-electron chi connectivity index (χ1n) is 10.0. The maximum atomic E-state index is 12.1. The standard InChI is InChI=1S/C24H22N4O5/c1-16-5-8-19(9-6-16)33-24(30)32-14-17-7-10-22(27-28-25)21(12-17)20-4-3-11-26-23(20)13-18(29)15-31-2/h3-12H,13-15H2,1-2H3. The van der Waals surface area contributed by atoms with Crippen LogP contribution in [0, 0.1) is 6.92 Å². The first kappa shape index (κ1) is 23.5. The monoisotopic (exact) mass is 446 g/mol. The van der Waals surface area contributed by atoms with Gasteiger partial charge in [0, 0.05) is 29.5 Å². The third-order valence-corrected chi connectivity index (χ3v) is 4.64. The van der Waals surface area contributed by atoms with Crippen molar-refractivity contribution in [2.24, 2.45) is 5.11 Å². The lowest BCUT2D eigenvalue weighted by Gasteiger charge is -2.13. The number of carbonyl (C=O) groups is 2. The second kappa shape index (κ2) is 11.4. The van der Waals surface area contributed by atoms with Gasteiger partial charge in [-0.1, -0.05) is 41.0 Å². The number of benzene rings is 2. The minimum Gasteiger partial charge on any atom is -0.429 e. The van der Waals surface area contributed by atoms with Gasteiger partial charge < -0.3 is 14.2 Å². The second-order valence-corrected chi connectivity index (χ2v) is 7.14. The molecule has 0 atom stereocenters. The Hall–Kier alpha value is -4.20. The molecule has 0 saturated carbocycles. The van der Waals surface area contributed by atoms with E-state index in [1.807, 2.05) is 19.1 Å². The number of carbonyl (C=O) groups excluding carboxylic acids is 2. The highest BCUT2D eigenvalue weighted by atomic mass is 16.7. The number of hydrogen-bond acceptors (Lipinski definition) is 7. The van der Waals surface area contributed by atoms with Crippen LogP contribution in [0.5, 0.6) is 5.75 Å². The molecule has 0 unspecified atom stereocenters. The van der Waals surface area contributed by atoms with E-state index in [-0.39, 0.29) is 25.4 Å². The zero-order valence-electron chi connectivity index (χ0n) is 18.2. The largest absolute Gasteiger partial charge is 0.514 e. The zero-order chi connectivity index (χ0) is 23.6. The Bertz CT molecular complexity index is 1190. The summed E-state index contributed by atoms with van der Waals surface area (Å²) in [7, 11) is 1.45. The molecule has 9 nitrogen and oxygen atoms in total. The molecule has 0 radical (unpaired) electrons. The Labute approximate surface area is 190 Å². The van der Waals surface area contributed by atoms with Crippen molar-refractivity contribution in [1.82, 2.24) is 4.98 Å². The molecule has 1 aromatic heterocycles. The van der Waals surface area contributed by atoms with Crippen molar-refractivity contribution in [1.29, 1.82) is 0 Å². The average Bonchev–Trinajstić information content (AvgIpc) is 2.81. The van der Waals surface area contributed by atoms with Crippen molar-refractivity contribution in [3.63, 3.8) is 0 Å². The summed E-state index contributed by atoms with van der Waals surface area (Å²) >= 11 is 0. The third kappa shape index (κ3) is 6.64. The number of rotatable bonds is 9. The molecule has 0 aliphatic heterocycles. The molecule has 0 amide bonds. The van der Waals surface area contributed by atoms with Crippen molar-refractivity contribution >= 4 is 17.6 Å². The lowest BCUT2D eigenvalue weighted by Crippen LogP contribution is -2.12. The van der Waals surface area contributed by atoms with Gasteiger partial charge in [0.1, 0.15) is 19.0 Å². The van der Waals surface area contributed by atoms with Gasteiger partial charge in [-0.15, -0.1) is 0 Å². The van der Waals surface area contributed by atoms with Gasteiger partial charge in [-0.05, 0) is 47.8 Å². The van der Waals surface area contributed by atoms with Crippen molar-refractivity contribution < 1.29 is 23.8 Å². The zero-order valence-corrected chi connectivity index (χ0v) is 18.2. The van der Waals surface area contributed by atoms with E-state index in [9.17, 15) is 9.59 Å². The fraction of sp³-hybridized carbons (Fsp3) is 0.208. The van der Waals surface area contributed by atoms with Crippen molar-refractivity contribution in [3.8, 4) is 16.9 Å². The number of hydrogen-bond donors (Lipinski definition) is 0. The van der Waals surface area contributed by atoms with Crippen molar-refractivity contribution in [2.45, 2.75) is 20.0 Å². The van der Waals surface area contributed by atoms with Gasteiger partial charge in [-0.25, -0.2) is 4.79 Å². The minimum absolute atomic E-state index is 0.0316. The van der Waals surface area contributed by atoms with Crippen LogP contribution in [0.1, 0.15) is 16.8 Å². The van der Waals surface area contributed by atoms with Gasteiger partial charge in [-0.3, -0.25) is 9.78 Å². The average molecular weight is 446 g/mol. The summed E-state index contributed by atoms with van der Waals surface area (Å²) in [6.07, 6.45) is 0.801. The molecule has 0 spiro atoms. The quantitative estimate of drug-likeness (QED) is 0.141. The maximum absolute atomic E-state index is 12.1. The van der Waals surface area contributed by atoms with Crippen molar-refractivity contribution in [2.75, 3.05) is 13.7 Å². The number of ether oxygens (including phenoxy) is 3. The number of Topliss-reactive ketones (excluding diaryl/α,β-unsaturated/α-hetero) is 1. The Morgan fingerprint density at radius 1 is 1.09 bits per heavy atom. The highest BCUT2D eigenvalue weighted by molar-refractivity contribution is 5.86. The summed E-state index contributed by atoms with van der Waals surface area (Å²) in [5, 5.41) is 3.75. The molecule has 9 heteroatoms. The smallest absolute Gasteiger partial charge is 0.429 e. The number of methoxy groups -OCH3 is 1. The van der Waals surface area contributed by atoms with E-state index in [0.717, 1.165) is 5.56 Å². The van der Waals surface area contributed by atoms with Crippen LogP contribution >= 0.6 is 0 Å². The van der Waals surface area contributed by atoms with Gasteiger partial charge in [-0.2, -0.15) is 0 Å². The van der Waals surface area contributed by atoms with Gasteiger partial charge in [0.25, 0.3) is 0 Å². The van der Waals surface area contributed by atoms with E-state index in [1.165, 1.54) is 7.11 Å². The van der Waals surface area contributed by atoms with Crippen LogP contribution in [0.2, 0.25) is 0 Å². The molecule has 2 aromatic carbocycles. The number of aryl methyl sites for hydroxylation is 1. The first-order chi connectivity index (χ1) is 16.0. The molecular weight excluding hydrogens is 424 g/mol. The summed E-state index contributed by atoms with van der Waals surface area (Å²) in [5.41, 5.74) is 12.7. The molecule has 0 aliphatic rings. The molecule has 0 aliphatic carbocycles. The number of pyridine rings is 1. The Morgan fingerprint density at radius 2 is 1.88 bits per heavy atom. The summed E-state index contributed by atoms with van der Waals surface area (Å²) in [6, 6.07) is 15.5. The number of nitrogens with zero attached hydrogens (tertiary/aromatic N) is 4. The predicted molar refractivity (Wildman–Crippen MR) is 121 cm³/mol.